The second-order valence-corrected chi connectivity index (χ2v) is 24.9. The van der Waals surface area contributed by atoms with Gasteiger partial charge in [-0.3, -0.25) is 0 Å². The number of benzene rings is 13. The molecule has 13 aromatic carbocycles. The molecule has 2 unspecified atom stereocenters. The monoisotopic (exact) mass is 1240 g/mol. The van der Waals surface area contributed by atoms with E-state index in [1.54, 1.807) is 6.08 Å². The van der Waals surface area contributed by atoms with E-state index in [1.807, 2.05) is 12.1 Å². The molecule has 4 nitrogen and oxygen atoms in total. The number of anilines is 8. The second-order valence-electron chi connectivity index (χ2n) is 24.9. The van der Waals surface area contributed by atoms with E-state index >= 15 is 0 Å². The van der Waals surface area contributed by atoms with E-state index in [2.05, 4.69) is 395 Å². The summed E-state index contributed by atoms with van der Waals surface area (Å²) in [6.07, 6.45) is 15.9. The third-order valence-corrected chi connectivity index (χ3v) is 19.3. The molecule has 0 saturated heterocycles. The van der Waals surface area contributed by atoms with Crippen LogP contribution in [0.15, 0.2) is 370 Å². The fraction of sp³-hybridized carbons (Fsp3) is 0.0870. The molecule has 0 radical (unpaired) electrons. The molecule has 15 rings (SSSR count). The van der Waals surface area contributed by atoms with Gasteiger partial charge in [-0.05, 0) is 203 Å². The van der Waals surface area contributed by atoms with Crippen LogP contribution in [0.5, 0.6) is 0 Å². The summed E-state index contributed by atoms with van der Waals surface area (Å²) < 4.78 is 0. The molecular weight excluding hydrogens is 1160 g/mol. The zero-order valence-electron chi connectivity index (χ0n) is 55.3. The minimum absolute atomic E-state index is 0.0452. The van der Waals surface area contributed by atoms with Crippen molar-refractivity contribution in [3.63, 3.8) is 0 Å². The van der Waals surface area contributed by atoms with Gasteiger partial charge in [-0.1, -0.05) is 261 Å². The lowest BCUT2D eigenvalue weighted by atomic mass is 9.64. The molecule has 0 amide bonds. The van der Waals surface area contributed by atoms with E-state index in [9.17, 15) is 0 Å². The first kappa shape index (κ1) is 61.8. The summed E-state index contributed by atoms with van der Waals surface area (Å²) in [4.78, 5) is 9.46. The van der Waals surface area contributed by atoms with Crippen LogP contribution in [0.4, 0.5) is 45.5 Å². The van der Waals surface area contributed by atoms with Gasteiger partial charge in [0.15, 0.2) is 0 Å². The minimum atomic E-state index is -0.582. The molecule has 2 aliphatic carbocycles. The molecule has 0 fully saturated rings. The van der Waals surface area contributed by atoms with Crippen molar-refractivity contribution in [1.29, 1.82) is 0 Å². The fourth-order valence-electron chi connectivity index (χ4n) is 14.8. The fourth-order valence-corrected chi connectivity index (χ4v) is 14.8. The van der Waals surface area contributed by atoms with Gasteiger partial charge in [-0.15, -0.1) is 0 Å². The van der Waals surface area contributed by atoms with E-state index in [0.29, 0.717) is 0 Å². The lowest BCUT2D eigenvalue weighted by molar-refractivity contribution is 0.749. The predicted octanol–water partition coefficient (Wildman–Crippen LogP) is 24.4. The summed E-state index contributed by atoms with van der Waals surface area (Å²) in [7, 11) is 2.12. The van der Waals surface area contributed by atoms with Crippen LogP contribution < -0.4 is 19.6 Å². The molecular formula is C92H78N4. The molecule has 96 heavy (non-hydrogen) atoms. The van der Waals surface area contributed by atoms with Gasteiger partial charge in [-0.2, -0.15) is 0 Å². The average molecular weight is 1240 g/mol. The highest BCUT2D eigenvalue weighted by molar-refractivity contribution is 5.99. The third-order valence-electron chi connectivity index (χ3n) is 19.3. The van der Waals surface area contributed by atoms with E-state index in [0.717, 1.165) is 40.6 Å². The largest absolute Gasteiger partial charge is 0.344 e. The second kappa shape index (κ2) is 27.5. The van der Waals surface area contributed by atoms with Gasteiger partial charge in [0.05, 0.1) is 11.5 Å². The third kappa shape index (κ3) is 11.6. The van der Waals surface area contributed by atoms with E-state index in [4.69, 9.17) is 0 Å². The molecule has 0 bridgehead atoms. The van der Waals surface area contributed by atoms with Gasteiger partial charge in [0.25, 0.3) is 0 Å². The standard InChI is InChI=1S/C62H50N2.C30H28N2/c1-43-20-10-13-28-52(43)53-31-19-34-58(45(53)3)62(57-32-16-11-21-44(57)2)59-33-17-15-30-55(59)56-41-40-51(42-60(56)62)64(61-35-18-23-46-22-12-14-29-54(46)61)50-38-36-49(37-39-50)63(47-24-6-4-7-25-47)48-26-8-5-9-27-48;1-4-6-15-25(5-2)32(27-16-8-7-9-17-27)28-22-20-26(21-23-28)31(3)30-19-12-14-24-13-10-11-18-29(24)30/h4-38,40-42,50H,39H2,1-3H3;4-23H,1H2,2-3H3/b;15-6-,25-5+. The minimum Gasteiger partial charge on any atom is -0.344 e. The molecule has 2 aliphatic rings. The number of para-hydroxylation sites is 3. The maximum Gasteiger partial charge on any atom is 0.0719 e. The van der Waals surface area contributed by atoms with Gasteiger partial charge in [0.1, 0.15) is 0 Å². The van der Waals surface area contributed by atoms with Crippen molar-refractivity contribution in [3.8, 4) is 22.3 Å². The SMILES string of the molecule is C=C/C=C\C(=C/C)N(c1ccccc1)c1ccc(N(C)c2cccc3ccccc23)cc1.Cc1ccccc1-c1cccc(C2(c3ccccc3C)c3ccccc3-c3ccc(N(c4cccc5ccccc45)C4C=CC(N(c5ccccc5)c5ccccc5)=CC4)cc32)c1C. The average Bonchev–Trinajstić information content (AvgIpc) is 1.51. The van der Waals surface area contributed by atoms with Crippen LogP contribution in [0, 0.1) is 20.8 Å². The van der Waals surface area contributed by atoms with Crippen LogP contribution in [0.3, 0.4) is 0 Å². The first-order valence-electron chi connectivity index (χ1n) is 33.4. The first-order chi connectivity index (χ1) is 47.2. The zero-order valence-corrected chi connectivity index (χ0v) is 55.3. The lowest BCUT2D eigenvalue weighted by Gasteiger charge is -2.39. The maximum absolute atomic E-state index is 3.82. The van der Waals surface area contributed by atoms with Crippen molar-refractivity contribution in [2.24, 2.45) is 0 Å². The van der Waals surface area contributed by atoms with Crippen LogP contribution in [0.2, 0.25) is 0 Å². The summed E-state index contributed by atoms with van der Waals surface area (Å²) in [5, 5.41) is 4.96. The Bertz CT molecular complexity index is 5030. The van der Waals surface area contributed by atoms with Crippen LogP contribution >= 0.6 is 0 Å². The van der Waals surface area contributed by atoms with Gasteiger partial charge < -0.3 is 19.6 Å². The highest BCUT2D eigenvalue weighted by Gasteiger charge is 2.48. The topological polar surface area (TPSA) is 13.0 Å². The van der Waals surface area contributed by atoms with Crippen molar-refractivity contribution in [3.05, 3.63) is 409 Å². The van der Waals surface area contributed by atoms with Crippen molar-refractivity contribution in [1.82, 2.24) is 0 Å². The van der Waals surface area contributed by atoms with Crippen LogP contribution in [-0.4, -0.2) is 13.1 Å². The Morgan fingerprint density at radius 3 is 1.54 bits per heavy atom. The van der Waals surface area contributed by atoms with E-state index < -0.39 is 5.41 Å². The quantitative estimate of drug-likeness (QED) is 0.0894. The Morgan fingerprint density at radius 1 is 0.427 bits per heavy atom. The lowest BCUT2D eigenvalue weighted by Crippen LogP contribution is -2.33. The van der Waals surface area contributed by atoms with Crippen molar-refractivity contribution < 1.29 is 0 Å². The molecule has 466 valence electrons. The van der Waals surface area contributed by atoms with Crippen molar-refractivity contribution >= 4 is 67.0 Å². The zero-order chi connectivity index (χ0) is 65.5. The van der Waals surface area contributed by atoms with Crippen LogP contribution in [0.25, 0.3) is 43.8 Å². The summed E-state index contributed by atoms with van der Waals surface area (Å²) in [5.74, 6) is 0. The number of nitrogens with zero attached hydrogens (tertiary/aromatic N) is 4. The van der Waals surface area contributed by atoms with Gasteiger partial charge in [-0.25, -0.2) is 0 Å². The number of aryl methyl sites for hydroxylation is 2. The van der Waals surface area contributed by atoms with Gasteiger partial charge >= 0.3 is 0 Å². The summed E-state index contributed by atoms with van der Waals surface area (Å²) in [6, 6.07) is 112. The Labute approximate surface area is 567 Å². The molecule has 0 spiro atoms. The van der Waals surface area contributed by atoms with Gasteiger partial charge in [0, 0.05) is 74.7 Å². The highest BCUT2D eigenvalue weighted by Crippen LogP contribution is 2.59. The predicted molar refractivity (Wildman–Crippen MR) is 410 cm³/mol. The molecule has 2 atom stereocenters. The first-order valence-corrected chi connectivity index (χ1v) is 33.4. The molecule has 0 saturated carbocycles. The molecule has 0 aromatic heterocycles. The van der Waals surface area contributed by atoms with Crippen molar-refractivity contribution in [2.45, 2.75) is 45.6 Å². The Hall–Kier alpha value is -11.7. The van der Waals surface area contributed by atoms with E-state index in [1.165, 1.54) is 106 Å². The van der Waals surface area contributed by atoms with Crippen LogP contribution in [-0.2, 0) is 5.41 Å². The van der Waals surface area contributed by atoms with Gasteiger partial charge in [0.2, 0.25) is 0 Å². The summed E-state index contributed by atoms with van der Waals surface area (Å²) in [6.45, 7) is 12.7. The number of fused-ring (bicyclic) bond motifs is 5. The summed E-state index contributed by atoms with van der Waals surface area (Å²) >= 11 is 0. The Morgan fingerprint density at radius 2 is 0.917 bits per heavy atom. The highest BCUT2D eigenvalue weighted by atomic mass is 15.2. The van der Waals surface area contributed by atoms with Crippen LogP contribution in [0.1, 0.15) is 52.3 Å². The van der Waals surface area contributed by atoms with E-state index in [-0.39, 0.29) is 6.04 Å². The molecule has 0 aliphatic heterocycles. The molecule has 0 heterocycles. The smallest absolute Gasteiger partial charge is 0.0719 e. The number of rotatable bonds is 16. The molecule has 0 N–H and O–H groups in total. The maximum atomic E-state index is 3.82. The molecule has 4 heteroatoms. The summed E-state index contributed by atoms with van der Waals surface area (Å²) in [5.41, 5.74) is 25.1. The van der Waals surface area contributed by atoms with Crippen molar-refractivity contribution in [2.75, 3.05) is 26.6 Å². The number of hydrogen-bond donors (Lipinski definition) is 0. The normalized spacial score (nSPS) is 14.7. The Kier molecular flexibility index (Phi) is 17.7. The Balaban J connectivity index is 0.000000208. The number of allylic oxidation sites excluding steroid dienone is 5. The molecule has 13 aromatic rings. The number of hydrogen-bond acceptors (Lipinski definition) is 4.